The Balaban J connectivity index is 2.02. The summed E-state index contributed by atoms with van der Waals surface area (Å²) in [6, 6.07) is 8.57. The summed E-state index contributed by atoms with van der Waals surface area (Å²) in [6.45, 7) is 4.41. The molecule has 0 bridgehead atoms. The summed E-state index contributed by atoms with van der Waals surface area (Å²) in [4.78, 5) is 16.1. The third-order valence-electron chi connectivity index (χ3n) is 3.79. The average molecular weight is 275 g/mol. The Morgan fingerprint density at radius 1 is 1.30 bits per heavy atom. The van der Waals surface area contributed by atoms with Crippen LogP contribution in [0.3, 0.4) is 0 Å². The van der Waals surface area contributed by atoms with Crippen molar-refractivity contribution in [2.24, 2.45) is 0 Å². The molecule has 1 N–H and O–H groups in total. The number of hydrogen-bond donors (Lipinski definition) is 1. The van der Waals surface area contributed by atoms with Gasteiger partial charge in [-0.2, -0.15) is 0 Å². The minimum Gasteiger partial charge on any atom is -0.322 e. The number of benzene rings is 1. The highest BCUT2D eigenvalue weighted by atomic mass is 16.2. The summed E-state index contributed by atoms with van der Waals surface area (Å²) in [6.07, 6.45) is 2.09. The molecule has 1 aromatic carbocycles. The lowest BCUT2D eigenvalue weighted by atomic mass is 10.1. The summed E-state index contributed by atoms with van der Waals surface area (Å²) in [5, 5.41) is 3.31. The van der Waals surface area contributed by atoms with Gasteiger partial charge in [0, 0.05) is 6.54 Å². The maximum Gasteiger partial charge on any atom is 0.238 e. The van der Waals surface area contributed by atoms with E-state index >= 15 is 0 Å². The first kappa shape index (κ1) is 15.0. The molecule has 0 aliphatic carbocycles. The van der Waals surface area contributed by atoms with Gasteiger partial charge in [-0.3, -0.25) is 10.1 Å². The minimum atomic E-state index is 0.0376. The zero-order valence-corrected chi connectivity index (χ0v) is 12.7. The van der Waals surface area contributed by atoms with E-state index in [0.29, 0.717) is 6.54 Å². The van der Waals surface area contributed by atoms with Crippen LogP contribution in [0.15, 0.2) is 24.3 Å². The first-order valence-corrected chi connectivity index (χ1v) is 7.38. The number of nitrogens with one attached hydrogen (secondary N) is 1. The topological polar surface area (TPSA) is 35.6 Å². The van der Waals surface area contributed by atoms with E-state index in [4.69, 9.17) is 0 Å². The minimum absolute atomic E-state index is 0.0376. The third kappa shape index (κ3) is 3.58. The summed E-state index contributed by atoms with van der Waals surface area (Å²) in [5.41, 5.74) is 2.51. The van der Waals surface area contributed by atoms with Crippen LogP contribution in [0.5, 0.6) is 0 Å². The van der Waals surface area contributed by atoms with E-state index in [1.165, 1.54) is 11.1 Å². The van der Waals surface area contributed by atoms with Crippen molar-refractivity contribution < 1.29 is 4.79 Å². The Hall–Kier alpha value is -1.39. The van der Waals surface area contributed by atoms with Crippen molar-refractivity contribution in [3.63, 3.8) is 0 Å². The van der Waals surface area contributed by atoms with Crippen molar-refractivity contribution >= 4 is 5.91 Å². The van der Waals surface area contributed by atoms with E-state index in [9.17, 15) is 4.79 Å². The number of carbonyl (C=O) groups excluding carboxylic acids is 1. The number of aryl methyl sites for hydroxylation is 1. The highest BCUT2D eigenvalue weighted by molar-refractivity contribution is 5.80. The number of amides is 1. The van der Waals surface area contributed by atoms with Crippen LogP contribution in [0.4, 0.5) is 0 Å². The van der Waals surface area contributed by atoms with Crippen molar-refractivity contribution in [1.29, 1.82) is 0 Å². The molecule has 1 atom stereocenters. The van der Waals surface area contributed by atoms with Gasteiger partial charge in [0.2, 0.25) is 5.91 Å². The lowest BCUT2D eigenvalue weighted by Crippen LogP contribution is -2.32. The van der Waals surface area contributed by atoms with Crippen LogP contribution in [0.1, 0.15) is 30.6 Å². The van der Waals surface area contributed by atoms with Gasteiger partial charge in [0.1, 0.15) is 6.17 Å². The number of hydrogen-bond acceptors (Lipinski definition) is 3. The van der Waals surface area contributed by atoms with Crippen LogP contribution < -0.4 is 5.32 Å². The zero-order valence-electron chi connectivity index (χ0n) is 12.7. The molecule has 2 rings (SSSR count). The van der Waals surface area contributed by atoms with Crippen LogP contribution in [-0.4, -0.2) is 49.4 Å². The molecule has 1 aliphatic heterocycles. The molecule has 1 fully saturated rings. The highest BCUT2D eigenvalue weighted by Crippen LogP contribution is 2.23. The Kier molecular flexibility index (Phi) is 5.15. The van der Waals surface area contributed by atoms with Gasteiger partial charge in [-0.05, 0) is 44.6 Å². The van der Waals surface area contributed by atoms with Gasteiger partial charge >= 0.3 is 0 Å². The van der Waals surface area contributed by atoms with Crippen LogP contribution in [0.2, 0.25) is 0 Å². The molecule has 110 valence electrons. The first-order chi connectivity index (χ1) is 9.61. The number of carbonyl (C=O) groups is 1. The van der Waals surface area contributed by atoms with Gasteiger partial charge in [0.25, 0.3) is 0 Å². The Bertz CT molecular complexity index is 442. The molecule has 1 amide bonds. The second-order valence-corrected chi connectivity index (χ2v) is 5.62. The molecule has 0 radical (unpaired) electrons. The third-order valence-corrected chi connectivity index (χ3v) is 3.79. The fourth-order valence-corrected chi connectivity index (χ4v) is 2.58. The van der Waals surface area contributed by atoms with E-state index in [1.807, 2.05) is 4.90 Å². The van der Waals surface area contributed by atoms with Gasteiger partial charge < -0.3 is 9.80 Å². The van der Waals surface area contributed by atoms with E-state index in [1.54, 1.807) is 0 Å². The summed E-state index contributed by atoms with van der Waals surface area (Å²) >= 11 is 0. The highest BCUT2D eigenvalue weighted by Gasteiger charge is 2.30. The average Bonchev–Trinajstić information content (AvgIpc) is 2.80. The molecule has 1 aliphatic rings. The molecule has 1 heterocycles. The maximum absolute atomic E-state index is 12.0. The van der Waals surface area contributed by atoms with Crippen LogP contribution in [-0.2, 0) is 11.2 Å². The lowest BCUT2D eigenvalue weighted by molar-refractivity contribution is -0.128. The zero-order chi connectivity index (χ0) is 14.5. The largest absolute Gasteiger partial charge is 0.322 e. The predicted molar refractivity (Wildman–Crippen MR) is 81.4 cm³/mol. The molecule has 0 spiro atoms. The van der Waals surface area contributed by atoms with Crippen molar-refractivity contribution in [3.05, 3.63) is 35.4 Å². The Morgan fingerprint density at radius 2 is 2.00 bits per heavy atom. The molecule has 0 saturated carbocycles. The van der Waals surface area contributed by atoms with Gasteiger partial charge in [0.05, 0.1) is 6.54 Å². The van der Waals surface area contributed by atoms with Crippen molar-refractivity contribution in [3.8, 4) is 0 Å². The second kappa shape index (κ2) is 6.86. The lowest BCUT2D eigenvalue weighted by Gasteiger charge is -2.25. The van der Waals surface area contributed by atoms with Gasteiger partial charge in [0.15, 0.2) is 0 Å². The van der Waals surface area contributed by atoms with E-state index in [2.05, 4.69) is 55.5 Å². The molecule has 20 heavy (non-hydrogen) atoms. The van der Waals surface area contributed by atoms with Crippen molar-refractivity contribution in [2.75, 3.05) is 33.7 Å². The summed E-state index contributed by atoms with van der Waals surface area (Å²) < 4.78 is 0. The fourth-order valence-electron chi connectivity index (χ4n) is 2.58. The normalized spacial score (nSPS) is 19.1. The Morgan fingerprint density at radius 3 is 2.60 bits per heavy atom. The SMILES string of the molecule is CCc1ccc(C2NCC(=O)N2CCCN(C)C)cc1. The van der Waals surface area contributed by atoms with Crippen LogP contribution >= 0.6 is 0 Å². The monoisotopic (exact) mass is 275 g/mol. The molecule has 4 heteroatoms. The fraction of sp³-hybridized carbons (Fsp3) is 0.562. The quantitative estimate of drug-likeness (QED) is 0.857. The van der Waals surface area contributed by atoms with Crippen LogP contribution in [0.25, 0.3) is 0 Å². The number of rotatable bonds is 6. The standard InChI is InChI=1S/C16H25N3O/c1-4-13-6-8-14(9-7-13)16-17-12-15(20)19(16)11-5-10-18(2)3/h6-9,16-17H,4-5,10-12H2,1-3H3. The molecule has 1 unspecified atom stereocenters. The van der Waals surface area contributed by atoms with Crippen LogP contribution in [0, 0.1) is 0 Å². The molecule has 0 aromatic heterocycles. The van der Waals surface area contributed by atoms with Gasteiger partial charge in [-0.25, -0.2) is 0 Å². The molecule has 1 aromatic rings. The maximum atomic E-state index is 12.0. The van der Waals surface area contributed by atoms with E-state index in [-0.39, 0.29) is 12.1 Å². The first-order valence-electron chi connectivity index (χ1n) is 7.38. The smallest absolute Gasteiger partial charge is 0.238 e. The summed E-state index contributed by atoms with van der Waals surface area (Å²) in [7, 11) is 4.12. The van der Waals surface area contributed by atoms with Gasteiger partial charge in [-0.1, -0.05) is 31.2 Å². The molecule has 1 saturated heterocycles. The molecular formula is C16H25N3O. The van der Waals surface area contributed by atoms with Crippen molar-refractivity contribution in [2.45, 2.75) is 25.9 Å². The second-order valence-electron chi connectivity index (χ2n) is 5.62. The van der Waals surface area contributed by atoms with Gasteiger partial charge in [-0.15, -0.1) is 0 Å². The van der Waals surface area contributed by atoms with Crippen molar-refractivity contribution in [1.82, 2.24) is 15.1 Å². The number of nitrogens with zero attached hydrogens (tertiary/aromatic N) is 2. The van der Waals surface area contributed by atoms with E-state index < -0.39 is 0 Å². The molecule has 4 nitrogen and oxygen atoms in total. The Labute approximate surface area is 121 Å². The predicted octanol–water partition coefficient (Wildman–Crippen LogP) is 1.63. The summed E-state index contributed by atoms with van der Waals surface area (Å²) in [5.74, 6) is 0.202. The molecular weight excluding hydrogens is 250 g/mol. The van der Waals surface area contributed by atoms with E-state index in [0.717, 1.165) is 25.9 Å².